The summed E-state index contributed by atoms with van der Waals surface area (Å²) in [6.45, 7) is 6.61. The monoisotopic (exact) mass is 265 g/mol. The first-order chi connectivity index (χ1) is 9.17. The lowest BCUT2D eigenvalue weighted by Gasteiger charge is -2.23. The van der Waals surface area contributed by atoms with Crippen LogP contribution in [0.3, 0.4) is 0 Å². The van der Waals surface area contributed by atoms with Crippen LogP contribution in [-0.4, -0.2) is 6.04 Å². The summed E-state index contributed by atoms with van der Waals surface area (Å²) in [5, 5.41) is 3.62. The van der Waals surface area contributed by atoms with Gasteiger partial charge in [0.2, 0.25) is 0 Å². The number of hydrogen-bond donors (Lipinski definition) is 1. The zero-order valence-electron chi connectivity index (χ0n) is 12.6. The van der Waals surface area contributed by atoms with Crippen molar-refractivity contribution < 1.29 is 4.39 Å². The molecule has 0 aliphatic heterocycles. The van der Waals surface area contributed by atoms with E-state index in [-0.39, 0.29) is 11.9 Å². The molecule has 2 atom stereocenters. The van der Waals surface area contributed by atoms with Gasteiger partial charge >= 0.3 is 0 Å². The molecule has 0 heterocycles. The Hall–Kier alpha value is -0.890. The minimum absolute atomic E-state index is 0.145. The zero-order valence-corrected chi connectivity index (χ0v) is 12.6. The fraction of sp³-hybridized carbons (Fsp3) is 0.647. The molecular weight excluding hydrogens is 237 g/mol. The van der Waals surface area contributed by atoms with E-state index in [0.717, 1.165) is 12.0 Å². The van der Waals surface area contributed by atoms with Crippen molar-refractivity contribution in [3.63, 3.8) is 0 Å². The summed E-state index contributed by atoms with van der Waals surface area (Å²) in [5.74, 6) is -0.145. The smallest absolute Gasteiger partial charge is 0.123 e. The quantitative estimate of drug-likeness (QED) is 0.603. The van der Waals surface area contributed by atoms with Crippen LogP contribution in [0.1, 0.15) is 70.9 Å². The van der Waals surface area contributed by atoms with E-state index in [9.17, 15) is 4.39 Å². The number of nitrogens with one attached hydrogen (secondary N) is 1. The van der Waals surface area contributed by atoms with Crippen LogP contribution in [0.5, 0.6) is 0 Å². The van der Waals surface area contributed by atoms with Crippen LogP contribution >= 0.6 is 0 Å². The van der Waals surface area contributed by atoms with Crippen LogP contribution in [0.15, 0.2) is 24.3 Å². The molecule has 0 saturated carbocycles. The van der Waals surface area contributed by atoms with Gasteiger partial charge in [0.15, 0.2) is 0 Å². The Morgan fingerprint density at radius 1 is 1.16 bits per heavy atom. The SMILES string of the molecule is CCCCCCC(C)NC(CC)c1cccc(F)c1. The maximum atomic E-state index is 13.3. The topological polar surface area (TPSA) is 12.0 Å². The summed E-state index contributed by atoms with van der Waals surface area (Å²) < 4.78 is 13.3. The minimum atomic E-state index is -0.145. The Balaban J connectivity index is 2.43. The van der Waals surface area contributed by atoms with Crippen LogP contribution in [0.25, 0.3) is 0 Å². The summed E-state index contributed by atoms with van der Waals surface area (Å²) in [6, 6.07) is 7.70. The molecule has 0 bridgehead atoms. The predicted molar refractivity (Wildman–Crippen MR) is 80.8 cm³/mol. The van der Waals surface area contributed by atoms with E-state index in [1.165, 1.54) is 38.2 Å². The van der Waals surface area contributed by atoms with E-state index in [1.807, 2.05) is 6.07 Å². The molecule has 108 valence electrons. The molecule has 0 spiro atoms. The van der Waals surface area contributed by atoms with Gasteiger partial charge in [0, 0.05) is 12.1 Å². The highest BCUT2D eigenvalue weighted by Crippen LogP contribution is 2.19. The van der Waals surface area contributed by atoms with Gasteiger partial charge in [-0.1, -0.05) is 51.7 Å². The summed E-state index contributed by atoms with van der Waals surface area (Å²) in [4.78, 5) is 0. The Morgan fingerprint density at radius 2 is 1.95 bits per heavy atom. The molecule has 0 aromatic heterocycles. The van der Waals surface area contributed by atoms with Gasteiger partial charge in [-0.15, -0.1) is 0 Å². The average molecular weight is 265 g/mol. The van der Waals surface area contributed by atoms with Crippen molar-refractivity contribution in [3.8, 4) is 0 Å². The second-order valence-electron chi connectivity index (χ2n) is 5.43. The van der Waals surface area contributed by atoms with Crippen LogP contribution < -0.4 is 5.32 Å². The Morgan fingerprint density at radius 3 is 2.58 bits per heavy atom. The summed E-state index contributed by atoms with van der Waals surface area (Å²) in [6.07, 6.45) is 7.39. The molecule has 0 aliphatic carbocycles. The first-order valence-corrected chi connectivity index (χ1v) is 7.68. The van der Waals surface area contributed by atoms with Crippen molar-refractivity contribution in [2.45, 2.75) is 71.4 Å². The van der Waals surface area contributed by atoms with E-state index >= 15 is 0 Å². The minimum Gasteiger partial charge on any atom is -0.307 e. The molecule has 0 amide bonds. The first-order valence-electron chi connectivity index (χ1n) is 7.68. The largest absolute Gasteiger partial charge is 0.307 e. The first kappa shape index (κ1) is 16.2. The van der Waals surface area contributed by atoms with Gasteiger partial charge in [-0.2, -0.15) is 0 Å². The summed E-state index contributed by atoms with van der Waals surface area (Å²) in [5.41, 5.74) is 1.06. The van der Waals surface area contributed by atoms with Crippen molar-refractivity contribution in [2.24, 2.45) is 0 Å². The highest BCUT2D eigenvalue weighted by molar-refractivity contribution is 5.20. The third kappa shape index (κ3) is 6.20. The number of rotatable bonds is 9. The van der Waals surface area contributed by atoms with E-state index in [4.69, 9.17) is 0 Å². The lowest BCUT2D eigenvalue weighted by atomic mass is 10.0. The molecule has 1 aromatic carbocycles. The van der Waals surface area contributed by atoms with E-state index in [2.05, 4.69) is 26.1 Å². The van der Waals surface area contributed by atoms with Crippen LogP contribution in [0.4, 0.5) is 4.39 Å². The number of halogens is 1. The van der Waals surface area contributed by atoms with Crippen LogP contribution in [-0.2, 0) is 0 Å². The van der Waals surface area contributed by atoms with Gasteiger partial charge in [0.1, 0.15) is 5.82 Å². The van der Waals surface area contributed by atoms with Gasteiger partial charge in [-0.05, 0) is 37.5 Å². The third-order valence-corrected chi connectivity index (χ3v) is 3.64. The molecule has 1 rings (SSSR count). The maximum absolute atomic E-state index is 13.3. The molecule has 0 fully saturated rings. The van der Waals surface area contributed by atoms with E-state index < -0.39 is 0 Å². The number of unbranched alkanes of at least 4 members (excludes halogenated alkanes) is 3. The lowest BCUT2D eigenvalue weighted by Crippen LogP contribution is -2.30. The van der Waals surface area contributed by atoms with Crippen LogP contribution in [0.2, 0.25) is 0 Å². The van der Waals surface area contributed by atoms with Crippen LogP contribution in [0, 0.1) is 5.82 Å². The van der Waals surface area contributed by atoms with Gasteiger partial charge in [-0.3, -0.25) is 0 Å². The highest BCUT2D eigenvalue weighted by atomic mass is 19.1. The van der Waals surface area contributed by atoms with E-state index in [1.54, 1.807) is 12.1 Å². The molecule has 1 nitrogen and oxygen atoms in total. The lowest BCUT2D eigenvalue weighted by molar-refractivity contribution is 0.412. The number of hydrogen-bond acceptors (Lipinski definition) is 1. The molecule has 0 aliphatic rings. The van der Waals surface area contributed by atoms with Gasteiger partial charge < -0.3 is 5.32 Å². The van der Waals surface area contributed by atoms with Crippen molar-refractivity contribution in [1.29, 1.82) is 0 Å². The summed E-state index contributed by atoms with van der Waals surface area (Å²) >= 11 is 0. The Bertz CT molecular complexity index is 351. The second-order valence-corrected chi connectivity index (χ2v) is 5.43. The fourth-order valence-electron chi connectivity index (χ4n) is 2.48. The molecule has 0 radical (unpaired) electrons. The molecule has 0 saturated heterocycles. The second kappa shape index (κ2) is 9.08. The van der Waals surface area contributed by atoms with Gasteiger partial charge in [0.25, 0.3) is 0 Å². The number of benzene rings is 1. The fourth-order valence-corrected chi connectivity index (χ4v) is 2.48. The van der Waals surface area contributed by atoms with Crippen molar-refractivity contribution >= 4 is 0 Å². The molecule has 2 heteroatoms. The Kier molecular flexibility index (Phi) is 7.73. The van der Waals surface area contributed by atoms with E-state index in [0.29, 0.717) is 6.04 Å². The molecule has 1 aromatic rings. The standard InChI is InChI=1S/C17H28FN/c1-4-6-7-8-10-14(3)19-17(5-2)15-11-9-12-16(18)13-15/h9,11-14,17,19H,4-8,10H2,1-3H3. The summed E-state index contributed by atoms with van der Waals surface area (Å²) in [7, 11) is 0. The van der Waals surface area contributed by atoms with Gasteiger partial charge in [-0.25, -0.2) is 4.39 Å². The van der Waals surface area contributed by atoms with Crippen molar-refractivity contribution in [2.75, 3.05) is 0 Å². The molecule has 2 unspecified atom stereocenters. The van der Waals surface area contributed by atoms with Crippen molar-refractivity contribution in [3.05, 3.63) is 35.6 Å². The Labute approximate surface area is 117 Å². The highest BCUT2D eigenvalue weighted by Gasteiger charge is 2.12. The average Bonchev–Trinajstić information content (AvgIpc) is 2.41. The molecule has 19 heavy (non-hydrogen) atoms. The maximum Gasteiger partial charge on any atom is 0.123 e. The predicted octanol–water partition coefficient (Wildman–Crippen LogP) is 5.23. The van der Waals surface area contributed by atoms with Gasteiger partial charge in [0.05, 0.1) is 0 Å². The molecule has 1 N–H and O–H groups in total. The van der Waals surface area contributed by atoms with Crippen molar-refractivity contribution in [1.82, 2.24) is 5.32 Å². The molecular formula is C17H28FN. The normalized spacial score (nSPS) is 14.3. The zero-order chi connectivity index (χ0) is 14.1. The third-order valence-electron chi connectivity index (χ3n) is 3.64.